The molecule has 1 aliphatic heterocycles. The topological polar surface area (TPSA) is 93.7 Å². The lowest BCUT2D eigenvalue weighted by Gasteiger charge is -2.30. The third-order valence-electron chi connectivity index (χ3n) is 3.11. The van der Waals surface area contributed by atoms with Gasteiger partial charge < -0.3 is 20.7 Å². The Morgan fingerprint density at radius 1 is 1.63 bits per heavy atom. The summed E-state index contributed by atoms with van der Waals surface area (Å²) in [6, 6.07) is 4.87. The molecule has 7 heteroatoms. The van der Waals surface area contributed by atoms with E-state index in [1.165, 1.54) is 6.07 Å². The summed E-state index contributed by atoms with van der Waals surface area (Å²) in [5, 5.41) is 14.0. The second-order valence-electron chi connectivity index (χ2n) is 4.64. The van der Waals surface area contributed by atoms with Crippen LogP contribution in [0.5, 0.6) is 0 Å². The average molecular weight is 266 g/mol. The van der Waals surface area contributed by atoms with Crippen LogP contribution in [0.3, 0.4) is 0 Å². The molecule has 2 rings (SSSR count). The Bertz CT molecular complexity index is 466. The highest BCUT2D eigenvalue weighted by atomic mass is 16.6. The zero-order valence-electron chi connectivity index (χ0n) is 10.8. The van der Waals surface area contributed by atoms with Crippen LogP contribution < -0.4 is 11.1 Å². The molecule has 0 aliphatic carbocycles. The van der Waals surface area contributed by atoms with Crippen molar-refractivity contribution in [3.63, 3.8) is 0 Å². The van der Waals surface area contributed by atoms with Gasteiger partial charge in [-0.25, -0.2) is 0 Å². The number of hydrogen-bond donors (Lipinski definition) is 2. The van der Waals surface area contributed by atoms with Crippen molar-refractivity contribution in [2.24, 2.45) is 0 Å². The van der Waals surface area contributed by atoms with Crippen molar-refractivity contribution in [2.45, 2.75) is 6.10 Å². The highest BCUT2D eigenvalue weighted by molar-refractivity contribution is 5.74. The maximum absolute atomic E-state index is 11.0. The molecule has 1 saturated heterocycles. The number of nitro benzene ring substituents is 1. The third-order valence-corrected chi connectivity index (χ3v) is 3.11. The van der Waals surface area contributed by atoms with Gasteiger partial charge in [-0.2, -0.15) is 0 Å². The van der Waals surface area contributed by atoms with Crippen LogP contribution in [0, 0.1) is 10.1 Å². The van der Waals surface area contributed by atoms with Crippen molar-refractivity contribution in [2.75, 3.05) is 44.3 Å². The van der Waals surface area contributed by atoms with Gasteiger partial charge in [0, 0.05) is 19.6 Å². The van der Waals surface area contributed by atoms with Crippen molar-refractivity contribution in [3.05, 3.63) is 28.3 Å². The highest BCUT2D eigenvalue weighted by Crippen LogP contribution is 2.30. The van der Waals surface area contributed by atoms with Crippen LogP contribution in [0.25, 0.3) is 0 Å². The van der Waals surface area contributed by atoms with E-state index in [2.05, 4.69) is 10.2 Å². The summed E-state index contributed by atoms with van der Waals surface area (Å²) in [7, 11) is 2.03. The summed E-state index contributed by atoms with van der Waals surface area (Å²) in [6.07, 6.45) is 0.0276. The molecule has 1 atom stereocenters. The predicted octanol–water partition coefficient (Wildman–Crippen LogP) is 0.919. The number of benzene rings is 1. The molecule has 1 aromatic carbocycles. The fourth-order valence-electron chi connectivity index (χ4n) is 2.12. The van der Waals surface area contributed by atoms with Gasteiger partial charge >= 0.3 is 5.69 Å². The molecule has 1 heterocycles. The summed E-state index contributed by atoms with van der Waals surface area (Å²) in [5.74, 6) is 0. The van der Waals surface area contributed by atoms with E-state index in [1.54, 1.807) is 12.1 Å². The lowest BCUT2D eigenvalue weighted by Crippen LogP contribution is -2.43. The van der Waals surface area contributed by atoms with Crippen molar-refractivity contribution in [1.82, 2.24) is 4.90 Å². The van der Waals surface area contributed by atoms with Gasteiger partial charge in [-0.1, -0.05) is 6.07 Å². The molecule has 0 amide bonds. The van der Waals surface area contributed by atoms with E-state index in [0.717, 1.165) is 13.1 Å². The van der Waals surface area contributed by atoms with E-state index >= 15 is 0 Å². The maximum atomic E-state index is 11.0. The minimum absolute atomic E-state index is 0.0276. The maximum Gasteiger partial charge on any atom is 0.314 e. The number of nitrogen functional groups attached to an aromatic ring is 1. The Kier molecular flexibility index (Phi) is 4.18. The molecule has 0 bridgehead atoms. The smallest absolute Gasteiger partial charge is 0.314 e. The largest absolute Gasteiger partial charge is 0.393 e. The van der Waals surface area contributed by atoms with E-state index in [0.29, 0.717) is 18.8 Å². The second kappa shape index (κ2) is 5.85. The molecule has 7 nitrogen and oxygen atoms in total. The summed E-state index contributed by atoms with van der Waals surface area (Å²) in [4.78, 5) is 12.7. The van der Waals surface area contributed by atoms with Gasteiger partial charge in [0.05, 0.1) is 17.6 Å². The van der Waals surface area contributed by atoms with Crippen LogP contribution in [-0.2, 0) is 4.74 Å². The zero-order chi connectivity index (χ0) is 13.8. The van der Waals surface area contributed by atoms with Crippen molar-refractivity contribution in [1.29, 1.82) is 0 Å². The van der Waals surface area contributed by atoms with Crippen molar-refractivity contribution < 1.29 is 9.66 Å². The summed E-state index contributed by atoms with van der Waals surface area (Å²) in [6.45, 7) is 2.93. The number of nitrogens with one attached hydrogen (secondary N) is 1. The number of nitro groups is 1. The van der Waals surface area contributed by atoms with Crippen LogP contribution in [0.15, 0.2) is 18.2 Å². The SMILES string of the molecule is CN1CCOC(CNc2cccc(N)c2[N+](=O)[O-])C1. The molecule has 19 heavy (non-hydrogen) atoms. The number of anilines is 2. The number of ether oxygens (including phenoxy) is 1. The number of rotatable bonds is 4. The van der Waals surface area contributed by atoms with Gasteiger partial charge in [0.1, 0.15) is 11.4 Å². The summed E-state index contributed by atoms with van der Waals surface area (Å²) >= 11 is 0. The van der Waals surface area contributed by atoms with Gasteiger partial charge in [0.15, 0.2) is 0 Å². The molecular formula is C12H18N4O3. The Hall–Kier alpha value is -1.86. The van der Waals surface area contributed by atoms with Crippen LogP contribution in [0.2, 0.25) is 0 Å². The summed E-state index contributed by atoms with van der Waals surface area (Å²) in [5.41, 5.74) is 6.15. The first kappa shape index (κ1) is 13.6. The standard InChI is InChI=1S/C12H18N4O3/c1-15-5-6-19-9(8-15)7-14-11-4-2-3-10(13)12(11)16(17)18/h2-4,9,14H,5-8,13H2,1H3. The van der Waals surface area contributed by atoms with Gasteiger partial charge in [-0.05, 0) is 19.2 Å². The van der Waals surface area contributed by atoms with E-state index in [1.807, 2.05) is 7.05 Å². The first-order valence-corrected chi connectivity index (χ1v) is 6.15. The van der Waals surface area contributed by atoms with E-state index in [-0.39, 0.29) is 17.5 Å². The van der Waals surface area contributed by atoms with Gasteiger partial charge in [0.25, 0.3) is 0 Å². The lowest BCUT2D eigenvalue weighted by molar-refractivity contribution is -0.383. The fraction of sp³-hybridized carbons (Fsp3) is 0.500. The minimum Gasteiger partial charge on any atom is -0.393 e. The van der Waals surface area contributed by atoms with E-state index in [9.17, 15) is 10.1 Å². The Morgan fingerprint density at radius 2 is 2.42 bits per heavy atom. The normalized spacial score (nSPS) is 20.2. The number of likely N-dealkylation sites (N-methyl/N-ethyl adjacent to an activating group) is 1. The number of para-hydroxylation sites is 1. The Morgan fingerprint density at radius 3 is 3.11 bits per heavy atom. The fourth-order valence-corrected chi connectivity index (χ4v) is 2.12. The van der Waals surface area contributed by atoms with Crippen LogP contribution in [0.1, 0.15) is 0 Å². The number of nitrogens with two attached hydrogens (primary N) is 1. The van der Waals surface area contributed by atoms with Gasteiger partial charge in [-0.3, -0.25) is 10.1 Å². The van der Waals surface area contributed by atoms with Crippen molar-refractivity contribution >= 4 is 17.1 Å². The van der Waals surface area contributed by atoms with Gasteiger partial charge in [-0.15, -0.1) is 0 Å². The van der Waals surface area contributed by atoms with Crippen LogP contribution in [-0.4, -0.2) is 49.2 Å². The van der Waals surface area contributed by atoms with E-state index < -0.39 is 4.92 Å². The molecule has 1 aliphatic rings. The molecular weight excluding hydrogens is 248 g/mol. The second-order valence-corrected chi connectivity index (χ2v) is 4.64. The predicted molar refractivity (Wildman–Crippen MR) is 73.2 cm³/mol. The van der Waals surface area contributed by atoms with E-state index in [4.69, 9.17) is 10.5 Å². The quantitative estimate of drug-likeness (QED) is 0.478. The molecule has 1 aromatic rings. The molecule has 0 saturated carbocycles. The molecule has 3 N–H and O–H groups in total. The number of morpholine rings is 1. The number of hydrogen-bond acceptors (Lipinski definition) is 6. The Labute approximate surface area is 111 Å². The molecule has 104 valence electrons. The third kappa shape index (κ3) is 3.33. The highest BCUT2D eigenvalue weighted by Gasteiger charge is 2.21. The average Bonchev–Trinajstić information content (AvgIpc) is 2.36. The Balaban J connectivity index is 2.03. The number of nitrogens with zero attached hydrogens (tertiary/aromatic N) is 2. The molecule has 0 radical (unpaired) electrons. The molecule has 0 spiro atoms. The molecule has 1 fully saturated rings. The lowest BCUT2D eigenvalue weighted by atomic mass is 10.2. The minimum atomic E-state index is -0.467. The molecule has 1 unspecified atom stereocenters. The van der Waals surface area contributed by atoms with Crippen LogP contribution in [0.4, 0.5) is 17.1 Å². The molecule has 0 aromatic heterocycles. The first-order valence-electron chi connectivity index (χ1n) is 6.15. The van der Waals surface area contributed by atoms with Crippen molar-refractivity contribution in [3.8, 4) is 0 Å². The van der Waals surface area contributed by atoms with Crippen LogP contribution >= 0.6 is 0 Å². The monoisotopic (exact) mass is 266 g/mol. The first-order chi connectivity index (χ1) is 9.08. The summed E-state index contributed by atoms with van der Waals surface area (Å²) < 4.78 is 5.60. The van der Waals surface area contributed by atoms with Gasteiger partial charge in [0.2, 0.25) is 0 Å². The zero-order valence-corrected chi connectivity index (χ0v) is 10.8.